The van der Waals surface area contributed by atoms with E-state index in [0.717, 1.165) is 16.8 Å². The van der Waals surface area contributed by atoms with Crippen LogP contribution < -0.4 is 0 Å². The molecule has 4 rings (SSSR count). The maximum absolute atomic E-state index is 13.3. The van der Waals surface area contributed by atoms with Crippen LogP contribution in [-0.2, 0) is 4.79 Å². The summed E-state index contributed by atoms with van der Waals surface area (Å²) in [5.41, 5.74) is 2.92. The maximum Gasteiger partial charge on any atom is 0.267 e. The molecule has 0 N–H and O–H groups in total. The van der Waals surface area contributed by atoms with Crippen LogP contribution in [0.3, 0.4) is 0 Å². The largest absolute Gasteiger partial charge is 0.279 e. The summed E-state index contributed by atoms with van der Waals surface area (Å²) in [7, 11) is 0. The Balaban J connectivity index is 1.74. The third kappa shape index (κ3) is 3.92. The van der Waals surface area contributed by atoms with E-state index in [-0.39, 0.29) is 11.9 Å². The lowest BCUT2D eigenvalue weighted by molar-refractivity contribution is -0.123. The van der Waals surface area contributed by atoms with Gasteiger partial charge in [-0.05, 0) is 48.0 Å². The number of nitrogens with zero attached hydrogens (tertiary/aromatic N) is 2. The van der Waals surface area contributed by atoms with E-state index >= 15 is 0 Å². The van der Waals surface area contributed by atoms with Crippen LogP contribution in [0.25, 0.3) is 6.08 Å². The molecule has 0 spiro atoms. The van der Waals surface area contributed by atoms with Crippen molar-refractivity contribution in [2.45, 2.75) is 13.0 Å². The summed E-state index contributed by atoms with van der Waals surface area (Å²) in [6.45, 7) is 2.04. The van der Waals surface area contributed by atoms with Gasteiger partial charge in [0.05, 0.1) is 16.6 Å². The second-order valence-corrected chi connectivity index (χ2v) is 7.52. The Kier molecular flexibility index (Phi) is 5.40. The highest BCUT2D eigenvalue weighted by atomic mass is 32.2. The van der Waals surface area contributed by atoms with Crippen molar-refractivity contribution in [3.05, 3.63) is 107 Å². The molecule has 28 heavy (non-hydrogen) atoms. The lowest BCUT2D eigenvalue weighted by Gasteiger charge is -2.24. The Bertz CT molecular complexity index is 1010. The lowest BCUT2D eigenvalue weighted by atomic mass is 10.1. The third-order valence-corrected chi connectivity index (χ3v) is 5.57. The Morgan fingerprint density at radius 3 is 2.07 bits per heavy atom. The zero-order valence-electron chi connectivity index (χ0n) is 15.5. The first-order valence-electron chi connectivity index (χ1n) is 9.19. The first-order chi connectivity index (χ1) is 13.7. The second-order valence-electron chi connectivity index (χ2n) is 6.51. The summed E-state index contributed by atoms with van der Waals surface area (Å²) in [5, 5.41) is 0.703. The van der Waals surface area contributed by atoms with E-state index in [0.29, 0.717) is 10.1 Å². The molecule has 3 nitrogen and oxygen atoms in total. The average Bonchev–Trinajstić information content (AvgIpc) is 3.04. The normalized spacial score (nSPS) is 18.0. The average molecular weight is 385 g/mol. The van der Waals surface area contributed by atoms with Gasteiger partial charge in [-0.3, -0.25) is 9.69 Å². The van der Waals surface area contributed by atoms with Crippen LogP contribution in [0.4, 0.5) is 5.69 Å². The van der Waals surface area contributed by atoms with Crippen LogP contribution >= 0.6 is 11.8 Å². The van der Waals surface area contributed by atoms with Crippen LogP contribution in [0, 0.1) is 0 Å². The first-order valence-corrected chi connectivity index (χ1v) is 10.0. The summed E-state index contributed by atoms with van der Waals surface area (Å²) in [6, 6.07) is 29.6. The van der Waals surface area contributed by atoms with Crippen LogP contribution in [-0.4, -0.2) is 16.0 Å². The number of rotatable bonds is 4. The number of para-hydroxylation sites is 1. The molecule has 4 heteroatoms. The Morgan fingerprint density at radius 1 is 0.857 bits per heavy atom. The number of hydrogen-bond acceptors (Lipinski definition) is 3. The number of carbonyl (C=O) groups excluding carboxylic acids is 1. The molecule has 3 aromatic rings. The topological polar surface area (TPSA) is 32.7 Å². The van der Waals surface area contributed by atoms with Crippen molar-refractivity contribution in [2.24, 2.45) is 4.99 Å². The fourth-order valence-corrected chi connectivity index (χ4v) is 4.17. The van der Waals surface area contributed by atoms with E-state index in [1.165, 1.54) is 11.8 Å². The highest BCUT2D eigenvalue weighted by Crippen LogP contribution is 2.39. The maximum atomic E-state index is 13.3. The van der Waals surface area contributed by atoms with Crippen molar-refractivity contribution in [3.63, 3.8) is 0 Å². The summed E-state index contributed by atoms with van der Waals surface area (Å²) in [6.07, 6.45) is 1.94. The van der Waals surface area contributed by atoms with Crippen LogP contribution in [0.2, 0.25) is 0 Å². The molecule has 0 saturated carbocycles. The summed E-state index contributed by atoms with van der Waals surface area (Å²) in [5.74, 6) is -0.0140. The van der Waals surface area contributed by atoms with Gasteiger partial charge in [0.2, 0.25) is 0 Å². The molecule has 0 radical (unpaired) electrons. The van der Waals surface area contributed by atoms with E-state index in [1.807, 2.05) is 104 Å². The van der Waals surface area contributed by atoms with Crippen molar-refractivity contribution in [1.82, 2.24) is 4.90 Å². The van der Waals surface area contributed by atoms with E-state index in [2.05, 4.69) is 0 Å². The highest BCUT2D eigenvalue weighted by molar-refractivity contribution is 8.18. The van der Waals surface area contributed by atoms with E-state index in [9.17, 15) is 4.79 Å². The molecular weight excluding hydrogens is 364 g/mol. The van der Waals surface area contributed by atoms with Crippen molar-refractivity contribution >= 4 is 34.6 Å². The van der Waals surface area contributed by atoms with Gasteiger partial charge < -0.3 is 0 Å². The number of hydrogen-bond donors (Lipinski definition) is 0. The molecule has 3 aromatic carbocycles. The molecule has 1 aliphatic heterocycles. The summed E-state index contributed by atoms with van der Waals surface area (Å²) >= 11 is 1.43. The van der Waals surface area contributed by atoms with Crippen molar-refractivity contribution in [2.75, 3.05) is 0 Å². The SMILES string of the molecule is C[C@H](c1ccccc1)N1C(=O)/C(=C\c2ccccc2)SC1=Nc1ccccc1. The smallest absolute Gasteiger partial charge is 0.267 e. The number of thioether (sulfide) groups is 1. The van der Waals surface area contributed by atoms with Crippen molar-refractivity contribution in [1.29, 1.82) is 0 Å². The molecule has 138 valence electrons. The van der Waals surface area contributed by atoms with Gasteiger partial charge in [-0.2, -0.15) is 0 Å². The molecule has 1 aliphatic rings. The molecule has 1 atom stereocenters. The minimum Gasteiger partial charge on any atom is -0.279 e. The van der Waals surface area contributed by atoms with Gasteiger partial charge in [0.1, 0.15) is 0 Å². The minimum atomic E-state index is -0.106. The predicted octanol–water partition coefficient (Wildman–Crippen LogP) is 6.05. The summed E-state index contributed by atoms with van der Waals surface area (Å²) in [4.78, 5) is 20.5. The zero-order valence-corrected chi connectivity index (χ0v) is 16.3. The molecule has 1 amide bonds. The number of amides is 1. The molecule has 1 saturated heterocycles. The van der Waals surface area contributed by atoms with Crippen LogP contribution in [0.15, 0.2) is 101 Å². The fraction of sp³-hybridized carbons (Fsp3) is 0.0833. The molecule has 1 fully saturated rings. The molecule has 0 aliphatic carbocycles. The first kappa shape index (κ1) is 18.3. The number of carbonyl (C=O) groups is 1. The fourth-order valence-electron chi connectivity index (χ4n) is 3.10. The minimum absolute atomic E-state index is 0.0140. The summed E-state index contributed by atoms with van der Waals surface area (Å²) < 4.78 is 0. The van der Waals surface area contributed by atoms with Crippen LogP contribution in [0.5, 0.6) is 0 Å². The van der Waals surface area contributed by atoms with Gasteiger partial charge in [-0.1, -0.05) is 78.9 Å². The van der Waals surface area contributed by atoms with Gasteiger partial charge in [-0.15, -0.1) is 0 Å². The van der Waals surface area contributed by atoms with Gasteiger partial charge in [-0.25, -0.2) is 4.99 Å². The van der Waals surface area contributed by atoms with Gasteiger partial charge in [0, 0.05) is 0 Å². The Hall–Kier alpha value is -3.11. The van der Waals surface area contributed by atoms with E-state index in [4.69, 9.17) is 4.99 Å². The van der Waals surface area contributed by atoms with Crippen molar-refractivity contribution in [3.8, 4) is 0 Å². The second kappa shape index (κ2) is 8.28. The standard InChI is InChI=1S/C24H20N2OS/c1-18(20-13-7-3-8-14-20)26-23(27)22(17-19-11-5-2-6-12-19)28-24(26)25-21-15-9-4-10-16-21/h2-18H,1H3/b22-17+,25-24?/t18-/m1/s1. The van der Waals surface area contributed by atoms with Gasteiger partial charge in [0.15, 0.2) is 5.17 Å². The Morgan fingerprint density at radius 2 is 1.43 bits per heavy atom. The number of aliphatic imine (C=N–C) groups is 1. The van der Waals surface area contributed by atoms with Crippen molar-refractivity contribution < 1.29 is 4.79 Å². The Labute approximate surface area is 169 Å². The lowest BCUT2D eigenvalue weighted by Crippen LogP contribution is -2.32. The van der Waals surface area contributed by atoms with Crippen LogP contribution in [0.1, 0.15) is 24.1 Å². The molecule has 1 heterocycles. The van der Waals surface area contributed by atoms with Gasteiger partial charge in [0.25, 0.3) is 5.91 Å². The molecular formula is C24H20N2OS. The zero-order chi connectivity index (χ0) is 19.3. The van der Waals surface area contributed by atoms with Gasteiger partial charge >= 0.3 is 0 Å². The highest BCUT2D eigenvalue weighted by Gasteiger charge is 2.37. The number of amidine groups is 1. The van der Waals surface area contributed by atoms with E-state index < -0.39 is 0 Å². The van der Waals surface area contributed by atoms with E-state index in [1.54, 1.807) is 4.90 Å². The molecule has 0 unspecified atom stereocenters. The quantitative estimate of drug-likeness (QED) is 0.513. The third-order valence-electron chi connectivity index (χ3n) is 4.58. The predicted molar refractivity (Wildman–Crippen MR) is 117 cm³/mol. The molecule has 0 bridgehead atoms. The monoisotopic (exact) mass is 384 g/mol. The number of benzene rings is 3. The molecule has 0 aromatic heterocycles.